The first-order valence-electron chi connectivity index (χ1n) is 6.67. The Labute approximate surface area is 119 Å². The number of carbonyl (C=O) groups is 2. The minimum Gasteiger partial charge on any atom is -0.480 e. The molecule has 5 heteroatoms. The highest BCUT2D eigenvalue weighted by atomic mass is 16.4. The molecule has 0 heterocycles. The maximum atomic E-state index is 11.8. The second-order valence-corrected chi connectivity index (χ2v) is 5.31. The minimum absolute atomic E-state index is 0.173. The predicted molar refractivity (Wildman–Crippen MR) is 77.5 cm³/mol. The van der Waals surface area contributed by atoms with E-state index in [2.05, 4.69) is 10.6 Å². The van der Waals surface area contributed by atoms with Crippen molar-refractivity contribution in [3.8, 4) is 0 Å². The SMILES string of the molecule is Cc1ccc(C(C)NC(=O)NC(C(=O)O)C(C)C)cc1. The van der Waals surface area contributed by atoms with Crippen LogP contribution >= 0.6 is 0 Å². The van der Waals surface area contributed by atoms with Crippen LogP contribution in [0.15, 0.2) is 24.3 Å². The average Bonchev–Trinajstić information content (AvgIpc) is 2.35. The molecule has 0 aromatic heterocycles. The van der Waals surface area contributed by atoms with Crippen molar-refractivity contribution in [3.63, 3.8) is 0 Å². The number of carbonyl (C=O) groups excluding carboxylic acids is 1. The van der Waals surface area contributed by atoms with Crippen LogP contribution in [0.1, 0.15) is 37.9 Å². The summed E-state index contributed by atoms with van der Waals surface area (Å²) in [5.41, 5.74) is 2.12. The van der Waals surface area contributed by atoms with Crippen LogP contribution in [0.5, 0.6) is 0 Å². The maximum absolute atomic E-state index is 11.8. The van der Waals surface area contributed by atoms with Crippen LogP contribution in [0, 0.1) is 12.8 Å². The Morgan fingerprint density at radius 3 is 2.05 bits per heavy atom. The van der Waals surface area contributed by atoms with Crippen LogP contribution < -0.4 is 10.6 Å². The zero-order chi connectivity index (χ0) is 15.3. The van der Waals surface area contributed by atoms with Crippen molar-refractivity contribution < 1.29 is 14.7 Å². The molecule has 2 unspecified atom stereocenters. The smallest absolute Gasteiger partial charge is 0.326 e. The lowest BCUT2D eigenvalue weighted by atomic mass is 10.0. The van der Waals surface area contributed by atoms with Crippen LogP contribution in [0.2, 0.25) is 0 Å². The lowest BCUT2D eigenvalue weighted by molar-refractivity contribution is -0.140. The molecule has 0 saturated heterocycles. The van der Waals surface area contributed by atoms with Gasteiger partial charge in [-0.15, -0.1) is 0 Å². The second kappa shape index (κ2) is 6.93. The van der Waals surface area contributed by atoms with E-state index >= 15 is 0 Å². The summed E-state index contributed by atoms with van der Waals surface area (Å²) in [6.45, 7) is 7.36. The molecule has 0 saturated carbocycles. The molecule has 20 heavy (non-hydrogen) atoms. The molecule has 1 aromatic carbocycles. The Morgan fingerprint density at radius 1 is 1.05 bits per heavy atom. The summed E-state index contributed by atoms with van der Waals surface area (Å²) in [5, 5.41) is 14.3. The second-order valence-electron chi connectivity index (χ2n) is 5.31. The third kappa shape index (κ3) is 4.57. The van der Waals surface area contributed by atoms with Gasteiger partial charge in [-0.25, -0.2) is 9.59 Å². The number of hydrogen-bond donors (Lipinski definition) is 3. The molecular weight excluding hydrogens is 256 g/mol. The van der Waals surface area contributed by atoms with Gasteiger partial charge in [0.05, 0.1) is 6.04 Å². The number of amides is 2. The van der Waals surface area contributed by atoms with Gasteiger partial charge in [-0.1, -0.05) is 43.7 Å². The molecule has 0 bridgehead atoms. The highest BCUT2D eigenvalue weighted by molar-refractivity contribution is 5.82. The van der Waals surface area contributed by atoms with Crippen molar-refractivity contribution in [3.05, 3.63) is 35.4 Å². The molecule has 2 amide bonds. The summed E-state index contributed by atoms with van der Waals surface area (Å²) in [6, 6.07) is 6.28. The summed E-state index contributed by atoms with van der Waals surface area (Å²) in [7, 11) is 0. The monoisotopic (exact) mass is 278 g/mol. The first-order valence-corrected chi connectivity index (χ1v) is 6.67. The van der Waals surface area contributed by atoms with E-state index in [1.54, 1.807) is 13.8 Å². The van der Waals surface area contributed by atoms with Crippen LogP contribution in [-0.2, 0) is 4.79 Å². The van der Waals surface area contributed by atoms with Crippen molar-refractivity contribution in [1.29, 1.82) is 0 Å². The minimum atomic E-state index is -1.03. The first-order chi connectivity index (χ1) is 9.31. The maximum Gasteiger partial charge on any atom is 0.326 e. The van der Waals surface area contributed by atoms with Gasteiger partial charge in [0.1, 0.15) is 6.04 Å². The Morgan fingerprint density at radius 2 is 1.60 bits per heavy atom. The molecule has 1 aromatic rings. The Kier molecular flexibility index (Phi) is 5.55. The molecule has 1 rings (SSSR count). The Balaban J connectivity index is 2.61. The lowest BCUT2D eigenvalue weighted by Gasteiger charge is -2.20. The van der Waals surface area contributed by atoms with E-state index in [1.165, 1.54) is 0 Å². The van der Waals surface area contributed by atoms with Crippen LogP contribution in [0.4, 0.5) is 4.79 Å². The number of carboxylic acid groups (broad SMARTS) is 1. The van der Waals surface area contributed by atoms with E-state index in [4.69, 9.17) is 5.11 Å². The standard InChI is InChI=1S/C15H22N2O3/c1-9(2)13(14(18)19)17-15(20)16-11(4)12-7-5-10(3)6-8-12/h5-9,11,13H,1-4H3,(H,18,19)(H2,16,17,20). The van der Waals surface area contributed by atoms with Gasteiger partial charge >= 0.3 is 12.0 Å². The van der Waals surface area contributed by atoms with Gasteiger partial charge in [0.2, 0.25) is 0 Å². The topological polar surface area (TPSA) is 78.4 Å². The normalized spacial score (nSPS) is 13.7. The molecule has 0 aliphatic carbocycles. The number of nitrogens with one attached hydrogen (secondary N) is 2. The van der Waals surface area contributed by atoms with Crippen molar-refractivity contribution in [2.75, 3.05) is 0 Å². The molecule has 0 fully saturated rings. The summed E-state index contributed by atoms with van der Waals surface area (Å²) in [5.74, 6) is -1.20. The molecule has 0 aliphatic rings. The zero-order valence-corrected chi connectivity index (χ0v) is 12.3. The van der Waals surface area contributed by atoms with Crippen molar-refractivity contribution in [2.45, 2.75) is 39.8 Å². The molecule has 0 radical (unpaired) electrons. The Bertz CT molecular complexity index is 469. The number of carboxylic acids is 1. The van der Waals surface area contributed by atoms with E-state index in [0.29, 0.717) is 0 Å². The quantitative estimate of drug-likeness (QED) is 0.774. The third-order valence-electron chi connectivity index (χ3n) is 3.14. The summed E-state index contributed by atoms with van der Waals surface area (Å²) in [6.07, 6.45) is 0. The van der Waals surface area contributed by atoms with Crippen LogP contribution in [0.3, 0.4) is 0 Å². The number of hydrogen-bond acceptors (Lipinski definition) is 2. The predicted octanol–water partition coefficient (Wildman–Crippen LogP) is 2.46. The van der Waals surface area contributed by atoms with E-state index < -0.39 is 18.0 Å². The van der Waals surface area contributed by atoms with E-state index in [1.807, 2.05) is 38.1 Å². The molecule has 110 valence electrons. The number of aryl methyl sites for hydroxylation is 1. The highest BCUT2D eigenvalue weighted by Gasteiger charge is 2.23. The van der Waals surface area contributed by atoms with E-state index in [-0.39, 0.29) is 12.0 Å². The highest BCUT2D eigenvalue weighted by Crippen LogP contribution is 2.13. The van der Waals surface area contributed by atoms with Gasteiger partial charge in [0.15, 0.2) is 0 Å². The summed E-state index contributed by atoms with van der Waals surface area (Å²) in [4.78, 5) is 22.9. The fourth-order valence-electron chi connectivity index (χ4n) is 1.83. The summed E-state index contributed by atoms with van der Waals surface area (Å²) >= 11 is 0. The molecule has 3 N–H and O–H groups in total. The number of rotatable bonds is 5. The molecular formula is C15H22N2O3. The number of urea groups is 1. The van der Waals surface area contributed by atoms with Gasteiger partial charge < -0.3 is 15.7 Å². The van der Waals surface area contributed by atoms with Crippen molar-refractivity contribution in [2.24, 2.45) is 5.92 Å². The third-order valence-corrected chi connectivity index (χ3v) is 3.14. The van der Waals surface area contributed by atoms with Gasteiger partial charge in [-0.2, -0.15) is 0 Å². The van der Waals surface area contributed by atoms with Gasteiger partial charge in [-0.05, 0) is 25.3 Å². The van der Waals surface area contributed by atoms with Crippen LogP contribution in [-0.4, -0.2) is 23.1 Å². The number of benzene rings is 1. The molecule has 2 atom stereocenters. The van der Waals surface area contributed by atoms with Crippen molar-refractivity contribution in [1.82, 2.24) is 10.6 Å². The van der Waals surface area contributed by atoms with Gasteiger partial charge in [0, 0.05) is 0 Å². The average molecular weight is 278 g/mol. The first kappa shape index (κ1) is 16.0. The van der Waals surface area contributed by atoms with Gasteiger partial charge in [-0.3, -0.25) is 0 Å². The summed E-state index contributed by atoms with van der Waals surface area (Å²) < 4.78 is 0. The lowest BCUT2D eigenvalue weighted by Crippen LogP contribution is -2.49. The van der Waals surface area contributed by atoms with Crippen LogP contribution in [0.25, 0.3) is 0 Å². The van der Waals surface area contributed by atoms with E-state index in [9.17, 15) is 9.59 Å². The molecule has 0 spiro atoms. The van der Waals surface area contributed by atoms with Crippen molar-refractivity contribution >= 4 is 12.0 Å². The van der Waals surface area contributed by atoms with E-state index in [0.717, 1.165) is 11.1 Å². The largest absolute Gasteiger partial charge is 0.480 e. The van der Waals surface area contributed by atoms with Gasteiger partial charge in [0.25, 0.3) is 0 Å². The number of aliphatic carboxylic acids is 1. The molecule has 5 nitrogen and oxygen atoms in total. The molecule has 0 aliphatic heterocycles. The Hall–Kier alpha value is -2.04. The fraction of sp³-hybridized carbons (Fsp3) is 0.467. The fourth-order valence-corrected chi connectivity index (χ4v) is 1.83. The zero-order valence-electron chi connectivity index (χ0n) is 12.3.